The molecule has 1 aromatic carbocycles. The summed E-state index contributed by atoms with van der Waals surface area (Å²) in [4.78, 5) is 14.3. The van der Waals surface area contributed by atoms with E-state index in [4.69, 9.17) is 5.73 Å². The van der Waals surface area contributed by atoms with Gasteiger partial charge in [0.25, 0.3) is 0 Å². The summed E-state index contributed by atoms with van der Waals surface area (Å²) in [6.45, 7) is 1.16. The van der Waals surface area contributed by atoms with Crippen LogP contribution in [0.25, 0.3) is 0 Å². The zero-order valence-electron chi connectivity index (χ0n) is 11.9. The Balaban J connectivity index is 1.69. The third-order valence-electron chi connectivity index (χ3n) is 4.69. The fourth-order valence-corrected chi connectivity index (χ4v) is 3.34. The van der Waals surface area contributed by atoms with Crippen LogP contribution >= 0.6 is 0 Å². The summed E-state index contributed by atoms with van der Waals surface area (Å²) in [5.41, 5.74) is 8.89. The molecule has 1 aromatic rings. The number of amides is 1. The van der Waals surface area contributed by atoms with Gasteiger partial charge >= 0.3 is 0 Å². The van der Waals surface area contributed by atoms with E-state index >= 15 is 0 Å². The third-order valence-corrected chi connectivity index (χ3v) is 4.69. The second kappa shape index (κ2) is 5.28. The minimum atomic E-state index is -2.59. The number of hydrogen-bond donors (Lipinski definition) is 1. The first-order chi connectivity index (χ1) is 9.96. The van der Waals surface area contributed by atoms with Crippen molar-refractivity contribution in [3.63, 3.8) is 0 Å². The summed E-state index contributed by atoms with van der Waals surface area (Å²) in [5.74, 6) is -2.83. The average Bonchev–Trinajstić information content (AvgIpc) is 2.47. The van der Waals surface area contributed by atoms with Crippen molar-refractivity contribution in [1.29, 1.82) is 0 Å². The van der Waals surface area contributed by atoms with E-state index in [1.807, 2.05) is 18.2 Å². The van der Waals surface area contributed by atoms with Gasteiger partial charge in [-0.1, -0.05) is 12.1 Å². The Bertz CT molecular complexity index is 549. The molecule has 0 atom stereocenters. The Kier molecular flexibility index (Phi) is 3.59. The quantitative estimate of drug-likeness (QED) is 0.809. The standard InChI is InChI=1S/C16H20F2N2O/c17-16(18)7-4-12(5-8-16)15(21)20-9-6-11-2-1-3-14(19)13(11)10-20/h1-3,12H,4-10,19H2. The van der Waals surface area contributed by atoms with Gasteiger partial charge in [-0.3, -0.25) is 4.79 Å². The second-order valence-electron chi connectivity index (χ2n) is 6.12. The van der Waals surface area contributed by atoms with E-state index in [0.29, 0.717) is 31.6 Å². The van der Waals surface area contributed by atoms with E-state index in [9.17, 15) is 13.6 Å². The van der Waals surface area contributed by atoms with E-state index < -0.39 is 5.92 Å². The fraction of sp³-hybridized carbons (Fsp3) is 0.562. The van der Waals surface area contributed by atoms with Gasteiger partial charge in [-0.2, -0.15) is 0 Å². The van der Waals surface area contributed by atoms with Gasteiger partial charge in [-0.25, -0.2) is 8.78 Å². The maximum Gasteiger partial charge on any atom is 0.248 e. The number of nitrogens with zero attached hydrogens (tertiary/aromatic N) is 1. The van der Waals surface area contributed by atoms with Crippen molar-refractivity contribution in [2.24, 2.45) is 5.92 Å². The molecule has 1 amide bonds. The van der Waals surface area contributed by atoms with Gasteiger partial charge in [-0.15, -0.1) is 0 Å². The maximum absolute atomic E-state index is 13.2. The normalized spacial score (nSPS) is 21.9. The third kappa shape index (κ3) is 2.87. The van der Waals surface area contributed by atoms with Crippen LogP contribution in [-0.4, -0.2) is 23.3 Å². The van der Waals surface area contributed by atoms with Crippen LogP contribution in [0.2, 0.25) is 0 Å². The Morgan fingerprint density at radius 2 is 2.00 bits per heavy atom. The van der Waals surface area contributed by atoms with E-state index in [2.05, 4.69) is 0 Å². The number of carbonyl (C=O) groups is 1. The zero-order valence-corrected chi connectivity index (χ0v) is 11.9. The highest BCUT2D eigenvalue weighted by Crippen LogP contribution is 2.37. The summed E-state index contributed by atoms with van der Waals surface area (Å²) < 4.78 is 26.4. The smallest absolute Gasteiger partial charge is 0.248 e. The molecule has 1 fully saturated rings. The van der Waals surface area contributed by atoms with Gasteiger partial charge in [0.15, 0.2) is 0 Å². The van der Waals surface area contributed by atoms with Gasteiger partial charge in [0.05, 0.1) is 0 Å². The van der Waals surface area contributed by atoms with Crippen molar-refractivity contribution in [3.05, 3.63) is 29.3 Å². The summed E-state index contributed by atoms with van der Waals surface area (Å²) in [5, 5.41) is 0. The number of anilines is 1. The number of benzene rings is 1. The molecule has 2 aliphatic rings. The highest BCUT2D eigenvalue weighted by molar-refractivity contribution is 5.79. The van der Waals surface area contributed by atoms with E-state index in [1.165, 1.54) is 5.56 Å². The molecule has 114 valence electrons. The minimum Gasteiger partial charge on any atom is -0.398 e. The Labute approximate surface area is 123 Å². The number of carbonyl (C=O) groups excluding carboxylic acids is 1. The van der Waals surface area contributed by atoms with E-state index in [-0.39, 0.29) is 24.7 Å². The first-order valence-electron chi connectivity index (χ1n) is 7.49. The molecule has 1 heterocycles. The van der Waals surface area contributed by atoms with E-state index in [0.717, 1.165) is 12.0 Å². The summed E-state index contributed by atoms with van der Waals surface area (Å²) >= 11 is 0. The van der Waals surface area contributed by atoms with Crippen LogP contribution in [0.5, 0.6) is 0 Å². The second-order valence-corrected chi connectivity index (χ2v) is 6.12. The Hall–Kier alpha value is -1.65. The number of fused-ring (bicyclic) bond motifs is 1. The van der Waals surface area contributed by atoms with Gasteiger partial charge in [0, 0.05) is 37.5 Å². The zero-order chi connectivity index (χ0) is 15.0. The van der Waals surface area contributed by atoms with Gasteiger partial charge in [0.2, 0.25) is 11.8 Å². The van der Waals surface area contributed by atoms with Crippen molar-refractivity contribution in [1.82, 2.24) is 4.90 Å². The van der Waals surface area contributed by atoms with Crippen LogP contribution in [0, 0.1) is 5.92 Å². The first kappa shape index (κ1) is 14.3. The summed E-state index contributed by atoms with van der Waals surface area (Å²) in [6, 6.07) is 5.80. The van der Waals surface area contributed by atoms with Gasteiger partial charge < -0.3 is 10.6 Å². The van der Waals surface area contributed by atoms with Gasteiger partial charge in [-0.05, 0) is 36.5 Å². The van der Waals surface area contributed by atoms with Crippen LogP contribution in [0.15, 0.2) is 18.2 Å². The van der Waals surface area contributed by atoms with Crippen molar-refractivity contribution in [2.45, 2.75) is 44.6 Å². The lowest BCUT2D eigenvalue weighted by molar-refractivity contribution is -0.140. The molecule has 1 aliphatic carbocycles. The molecule has 0 aromatic heterocycles. The highest BCUT2D eigenvalue weighted by Gasteiger charge is 2.39. The van der Waals surface area contributed by atoms with Crippen LogP contribution < -0.4 is 5.73 Å². The molecule has 2 N–H and O–H groups in total. The minimum absolute atomic E-state index is 0.0133. The van der Waals surface area contributed by atoms with Crippen molar-refractivity contribution >= 4 is 11.6 Å². The predicted octanol–water partition coefficient (Wildman–Crippen LogP) is 2.98. The molecular weight excluding hydrogens is 274 g/mol. The number of alkyl halides is 2. The maximum atomic E-state index is 13.2. The number of rotatable bonds is 1. The van der Waals surface area contributed by atoms with Crippen LogP contribution in [0.4, 0.5) is 14.5 Å². The molecule has 3 rings (SSSR count). The molecule has 1 saturated carbocycles. The van der Waals surface area contributed by atoms with Gasteiger partial charge in [0.1, 0.15) is 0 Å². The monoisotopic (exact) mass is 294 g/mol. The molecule has 0 spiro atoms. The molecule has 21 heavy (non-hydrogen) atoms. The van der Waals surface area contributed by atoms with Crippen molar-refractivity contribution < 1.29 is 13.6 Å². The molecule has 0 radical (unpaired) electrons. The van der Waals surface area contributed by atoms with Crippen LogP contribution in [0.3, 0.4) is 0 Å². The lowest BCUT2D eigenvalue weighted by Crippen LogP contribution is -2.42. The largest absolute Gasteiger partial charge is 0.398 e. The van der Waals surface area contributed by atoms with Crippen LogP contribution in [0.1, 0.15) is 36.8 Å². The lowest BCUT2D eigenvalue weighted by atomic mass is 9.85. The lowest BCUT2D eigenvalue weighted by Gasteiger charge is -2.35. The fourth-order valence-electron chi connectivity index (χ4n) is 3.34. The molecule has 0 bridgehead atoms. The SMILES string of the molecule is Nc1cccc2c1CN(C(=O)C1CCC(F)(F)CC1)CC2. The molecule has 0 unspecified atom stereocenters. The topological polar surface area (TPSA) is 46.3 Å². The Morgan fingerprint density at radius 1 is 1.29 bits per heavy atom. The van der Waals surface area contributed by atoms with Crippen molar-refractivity contribution in [2.75, 3.05) is 12.3 Å². The highest BCUT2D eigenvalue weighted by atomic mass is 19.3. The summed E-state index contributed by atoms with van der Waals surface area (Å²) in [7, 11) is 0. The number of nitrogen functional groups attached to an aromatic ring is 1. The molecular formula is C16H20F2N2O. The molecule has 5 heteroatoms. The van der Waals surface area contributed by atoms with E-state index in [1.54, 1.807) is 4.90 Å². The number of hydrogen-bond acceptors (Lipinski definition) is 2. The average molecular weight is 294 g/mol. The molecule has 3 nitrogen and oxygen atoms in total. The summed E-state index contributed by atoms with van der Waals surface area (Å²) in [6.07, 6.45) is 1.03. The molecule has 1 aliphatic heterocycles. The first-order valence-corrected chi connectivity index (χ1v) is 7.49. The van der Waals surface area contributed by atoms with Crippen molar-refractivity contribution in [3.8, 4) is 0 Å². The number of nitrogens with two attached hydrogens (primary N) is 1. The number of halogens is 2. The Morgan fingerprint density at radius 3 is 2.71 bits per heavy atom. The predicted molar refractivity (Wildman–Crippen MR) is 76.9 cm³/mol. The van der Waals surface area contributed by atoms with Crippen LogP contribution in [-0.2, 0) is 17.8 Å². The molecule has 0 saturated heterocycles.